The van der Waals surface area contributed by atoms with Crippen molar-refractivity contribution in [2.24, 2.45) is 0 Å². The first-order valence-corrected chi connectivity index (χ1v) is 6.32. The van der Waals surface area contributed by atoms with Crippen molar-refractivity contribution in [1.29, 1.82) is 0 Å². The molecule has 0 spiro atoms. The number of aliphatic hydroxyl groups excluding tert-OH is 1. The molecule has 1 aromatic carbocycles. The Balaban J connectivity index is 1.87. The Labute approximate surface area is 107 Å². The zero-order valence-corrected chi connectivity index (χ0v) is 10.6. The maximum atomic E-state index is 11.9. The molecule has 1 aromatic rings. The van der Waals surface area contributed by atoms with E-state index >= 15 is 0 Å². The second kappa shape index (κ2) is 5.87. The number of amides is 1. The summed E-state index contributed by atoms with van der Waals surface area (Å²) in [5.41, 5.74) is 0.969. The summed E-state index contributed by atoms with van der Waals surface area (Å²) in [5, 5.41) is 9.58. The van der Waals surface area contributed by atoms with Crippen LogP contribution in [0.25, 0.3) is 0 Å². The van der Waals surface area contributed by atoms with Crippen LogP contribution in [0.1, 0.15) is 25.3 Å². The summed E-state index contributed by atoms with van der Waals surface area (Å²) in [6, 6.07) is 9.72. The monoisotopic (exact) mass is 249 g/mol. The van der Waals surface area contributed by atoms with Crippen molar-refractivity contribution >= 4 is 6.09 Å². The molecule has 1 aliphatic heterocycles. The van der Waals surface area contributed by atoms with Gasteiger partial charge in [0.1, 0.15) is 6.61 Å². The van der Waals surface area contributed by atoms with Crippen molar-refractivity contribution in [1.82, 2.24) is 4.90 Å². The van der Waals surface area contributed by atoms with Gasteiger partial charge in [0, 0.05) is 6.04 Å². The van der Waals surface area contributed by atoms with Gasteiger partial charge in [-0.2, -0.15) is 0 Å². The first kappa shape index (κ1) is 12.9. The zero-order chi connectivity index (χ0) is 13.0. The van der Waals surface area contributed by atoms with Crippen LogP contribution in [0.5, 0.6) is 0 Å². The highest BCUT2D eigenvalue weighted by Gasteiger charge is 2.28. The van der Waals surface area contributed by atoms with Crippen LogP contribution in [0, 0.1) is 0 Å². The summed E-state index contributed by atoms with van der Waals surface area (Å²) in [6.45, 7) is 2.63. The molecule has 4 heteroatoms. The summed E-state index contributed by atoms with van der Waals surface area (Å²) in [5.74, 6) is 0. The van der Waals surface area contributed by atoms with Crippen molar-refractivity contribution in [3.63, 3.8) is 0 Å². The van der Waals surface area contributed by atoms with E-state index in [1.807, 2.05) is 37.3 Å². The lowest BCUT2D eigenvalue weighted by atomic mass is 10.0. The van der Waals surface area contributed by atoms with Crippen LogP contribution in [-0.2, 0) is 11.3 Å². The van der Waals surface area contributed by atoms with Gasteiger partial charge in [0.2, 0.25) is 0 Å². The van der Waals surface area contributed by atoms with Crippen molar-refractivity contribution in [2.75, 3.05) is 6.54 Å². The minimum Gasteiger partial charge on any atom is -0.445 e. The number of benzene rings is 1. The van der Waals surface area contributed by atoms with Gasteiger partial charge in [-0.3, -0.25) is 0 Å². The fraction of sp³-hybridized carbons (Fsp3) is 0.500. The van der Waals surface area contributed by atoms with E-state index in [4.69, 9.17) is 4.74 Å². The zero-order valence-electron chi connectivity index (χ0n) is 10.6. The summed E-state index contributed by atoms with van der Waals surface area (Å²) in [6.07, 6.45) is 0.807. The summed E-state index contributed by atoms with van der Waals surface area (Å²) < 4.78 is 5.26. The number of piperidine rings is 1. The van der Waals surface area contributed by atoms with E-state index in [0.717, 1.165) is 18.4 Å². The molecule has 0 saturated carbocycles. The van der Waals surface area contributed by atoms with Crippen LogP contribution >= 0.6 is 0 Å². The van der Waals surface area contributed by atoms with Crippen LogP contribution in [0.15, 0.2) is 30.3 Å². The number of carbonyl (C=O) groups excluding carboxylic acids is 1. The Morgan fingerprint density at radius 3 is 2.83 bits per heavy atom. The third-order valence-corrected chi connectivity index (χ3v) is 3.30. The van der Waals surface area contributed by atoms with Crippen LogP contribution < -0.4 is 0 Å². The highest BCUT2D eigenvalue weighted by atomic mass is 16.6. The molecule has 1 N–H and O–H groups in total. The molecular weight excluding hydrogens is 230 g/mol. The molecule has 1 aliphatic rings. The smallest absolute Gasteiger partial charge is 0.410 e. The van der Waals surface area contributed by atoms with E-state index in [1.54, 1.807) is 4.90 Å². The molecule has 2 atom stereocenters. The van der Waals surface area contributed by atoms with E-state index in [1.165, 1.54) is 0 Å². The van der Waals surface area contributed by atoms with Crippen molar-refractivity contribution in [3.05, 3.63) is 35.9 Å². The molecule has 0 aliphatic carbocycles. The Bertz CT molecular complexity index is 393. The normalized spacial score (nSPS) is 23.8. The number of ether oxygens (including phenoxy) is 1. The molecule has 2 rings (SSSR count). The molecule has 0 unspecified atom stereocenters. The molecule has 0 radical (unpaired) electrons. The van der Waals surface area contributed by atoms with Gasteiger partial charge in [0.05, 0.1) is 12.6 Å². The lowest BCUT2D eigenvalue weighted by Crippen LogP contribution is -2.47. The fourth-order valence-electron chi connectivity index (χ4n) is 2.14. The van der Waals surface area contributed by atoms with Gasteiger partial charge in [-0.25, -0.2) is 4.79 Å². The van der Waals surface area contributed by atoms with Crippen LogP contribution in [0.3, 0.4) is 0 Å². The predicted molar refractivity (Wildman–Crippen MR) is 68.0 cm³/mol. The van der Waals surface area contributed by atoms with Crippen LogP contribution in [-0.4, -0.2) is 34.8 Å². The molecule has 0 bridgehead atoms. The maximum Gasteiger partial charge on any atom is 0.410 e. The van der Waals surface area contributed by atoms with Gasteiger partial charge in [0.15, 0.2) is 0 Å². The highest BCUT2D eigenvalue weighted by Crippen LogP contribution is 2.18. The SMILES string of the molecule is C[C@H]1CC[C@H](O)CN1C(=O)OCc1ccccc1. The van der Waals surface area contributed by atoms with E-state index in [-0.39, 0.29) is 18.7 Å². The van der Waals surface area contributed by atoms with Crippen molar-refractivity contribution < 1.29 is 14.6 Å². The molecular formula is C14H19NO3. The van der Waals surface area contributed by atoms with Gasteiger partial charge in [-0.1, -0.05) is 30.3 Å². The number of rotatable bonds is 2. The standard InChI is InChI=1S/C14H19NO3/c1-11-7-8-13(16)9-15(11)14(17)18-10-12-5-3-2-4-6-12/h2-6,11,13,16H,7-10H2,1H3/t11-,13-/m0/s1. The number of hydrogen-bond donors (Lipinski definition) is 1. The third-order valence-electron chi connectivity index (χ3n) is 3.30. The van der Waals surface area contributed by atoms with Gasteiger partial charge in [0.25, 0.3) is 0 Å². The molecule has 98 valence electrons. The molecule has 4 nitrogen and oxygen atoms in total. The topological polar surface area (TPSA) is 49.8 Å². The van der Waals surface area contributed by atoms with Gasteiger partial charge in [-0.15, -0.1) is 0 Å². The van der Waals surface area contributed by atoms with Gasteiger partial charge in [-0.05, 0) is 25.3 Å². The molecule has 1 heterocycles. The number of β-amino-alcohol motifs (C(OH)–C–C–N with tert-alkyl or cyclic N) is 1. The predicted octanol–water partition coefficient (Wildman–Crippen LogP) is 2.17. The third kappa shape index (κ3) is 3.23. The number of likely N-dealkylation sites (tertiary alicyclic amines) is 1. The summed E-state index contributed by atoms with van der Waals surface area (Å²) in [4.78, 5) is 13.5. The molecule has 1 amide bonds. The van der Waals surface area contributed by atoms with Crippen LogP contribution in [0.2, 0.25) is 0 Å². The Hall–Kier alpha value is -1.55. The average molecular weight is 249 g/mol. The Kier molecular flexibility index (Phi) is 4.20. The van der Waals surface area contributed by atoms with E-state index in [2.05, 4.69) is 0 Å². The number of hydrogen-bond acceptors (Lipinski definition) is 3. The van der Waals surface area contributed by atoms with Crippen molar-refractivity contribution in [3.8, 4) is 0 Å². The quantitative estimate of drug-likeness (QED) is 0.874. The lowest BCUT2D eigenvalue weighted by molar-refractivity contribution is 0.0249. The Morgan fingerprint density at radius 2 is 2.11 bits per heavy atom. The second-order valence-electron chi connectivity index (χ2n) is 4.77. The number of aliphatic hydroxyl groups is 1. The fourth-order valence-corrected chi connectivity index (χ4v) is 2.14. The molecule has 1 saturated heterocycles. The van der Waals surface area contributed by atoms with Crippen molar-refractivity contribution in [2.45, 2.75) is 38.5 Å². The number of nitrogens with zero attached hydrogens (tertiary/aromatic N) is 1. The Morgan fingerprint density at radius 1 is 1.39 bits per heavy atom. The summed E-state index contributed by atoms with van der Waals surface area (Å²) >= 11 is 0. The van der Waals surface area contributed by atoms with Crippen LogP contribution in [0.4, 0.5) is 4.79 Å². The minimum absolute atomic E-state index is 0.136. The first-order chi connectivity index (χ1) is 8.66. The number of carbonyl (C=O) groups is 1. The average Bonchev–Trinajstić information content (AvgIpc) is 2.40. The van der Waals surface area contributed by atoms with E-state index < -0.39 is 6.10 Å². The van der Waals surface area contributed by atoms with E-state index in [9.17, 15) is 9.90 Å². The summed E-state index contributed by atoms with van der Waals surface area (Å²) in [7, 11) is 0. The van der Waals surface area contributed by atoms with Gasteiger partial charge >= 0.3 is 6.09 Å². The largest absolute Gasteiger partial charge is 0.445 e. The second-order valence-corrected chi connectivity index (χ2v) is 4.77. The first-order valence-electron chi connectivity index (χ1n) is 6.32. The van der Waals surface area contributed by atoms with E-state index in [0.29, 0.717) is 6.54 Å². The molecule has 0 aromatic heterocycles. The van der Waals surface area contributed by atoms with Gasteiger partial charge < -0.3 is 14.7 Å². The molecule has 1 fully saturated rings. The molecule has 18 heavy (non-hydrogen) atoms. The minimum atomic E-state index is -0.425. The lowest BCUT2D eigenvalue weighted by Gasteiger charge is -2.35. The maximum absolute atomic E-state index is 11.9. The highest BCUT2D eigenvalue weighted by molar-refractivity contribution is 5.68.